The lowest BCUT2D eigenvalue weighted by atomic mass is 10.0. The van der Waals surface area contributed by atoms with Gasteiger partial charge in [0.25, 0.3) is 0 Å². The van der Waals surface area contributed by atoms with Crippen molar-refractivity contribution in [1.82, 2.24) is 0 Å². The van der Waals surface area contributed by atoms with Gasteiger partial charge in [-0.3, -0.25) is 0 Å². The number of aryl methyl sites for hydroxylation is 1. The molecule has 4 heteroatoms. The molecule has 0 spiro atoms. The topological polar surface area (TPSA) is 49.7 Å². The molecule has 0 saturated heterocycles. The first-order valence-electron chi connectivity index (χ1n) is 8.62. The Bertz CT molecular complexity index is 842. The van der Waals surface area contributed by atoms with Crippen LogP contribution >= 0.6 is 11.8 Å². The molecule has 0 heterocycles. The number of hydrogen-bond acceptors (Lipinski definition) is 4. The molecule has 0 aliphatic rings. The Labute approximate surface area is 158 Å². The van der Waals surface area contributed by atoms with Gasteiger partial charge in [0.1, 0.15) is 5.75 Å². The molecular formula is C22H22O3S. The molecule has 0 aliphatic carbocycles. The quantitative estimate of drug-likeness (QED) is 0.329. The minimum Gasteiger partial charge on any atom is -0.504 e. The van der Waals surface area contributed by atoms with E-state index in [4.69, 9.17) is 4.74 Å². The van der Waals surface area contributed by atoms with Gasteiger partial charge in [-0.2, -0.15) is 0 Å². The Hall–Kier alpha value is -2.59. The van der Waals surface area contributed by atoms with Gasteiger partial charge in [-0.05, 0) is 53.4 Å². The molecular weight excluding hydrogens is 344 g/mol. The Morgan fingerprint density at radius 3 is 2.08 bits per heavy atom. The second-order valence-corrected chi connectivity index (χ2v) is 7.09. The highest BCUT2D eigenvalue weighted by molar-refractivity contribution is 7.99. The van der Waals surface area contributed by atoms with Gasteiger partial charge in [-0.1, -0.05) is 43.3 Å². The molecule has 0 unspecified atom stereocenters. The Balaban J connectivity index is 1.50. The van der Waals surface area contributed by atoms with Crippen LogP contribution in [0.2, 0.25) is 0 Å². The predicted molar refractivity (Wildman–Crippen MR) is 107 cm³/mol. The molecule has 0 atom stereocenters. The van der Waals surface area contributed by atoms with Crippen molar-refractivity contribution in [1.29, 1.82) is 0 Å². The summed E-state index contributed by atoms with van der Waals surface area (Å²) in [7, 11) is 0. The fourth-order valence-corrected chi connectivity index (χ4v) is 3.35. The first-order valence-corrected chi connectivity index (χ1v) is 9.61. The lowest BCUT2D eigenvalue weighted by Crippen LogP contribution is -1.99. The monoisotopic (exact) mass is 366 g/mol. The van der Waals surface area contributed by atoms with Gasteiger partial charge < -0.3 is 14.9 Å². The fraction of sp³-hybridized carbons (Fsp3) is 0.182. The summed E-state index contributed by atoms with van der Waals surface area (Å²) in [5, 5.41) is 18.8. The van der Waals surface area contributed by atoms with Crippen LogP contribution in [0.15, 0.2) is 71.6 Å². The normalized spacial score (nSPS) is 10.7. The Kier molecular flexibility index (Phi) is 6.08. The van der Waals surface area contributed by atoms with E-state index in [0.29, 0.717) is 6.61 Å². The summed E-state index contributed by atoms with van der Waals surface area (Å²) < 4.78 is 5.78. The van der Waals surface area contributed by atoms with Crippen molar-refractivity contribution in [2.75, 3.05) is 12.4 Å². The zero-order chi connectivity index (χ0) is 18.4. The fourth-order valence-electron chi connectivity index (χ4n) is 2.59. The molecule has 134 valence electrons. The smallest absolute Gasteiger partial charge is 0.158 e. The largest absolute Gasteiger partial charge is 0.504 e. The molecule has 0 aliphatic heterocycles. The number of thioether (sulfide) groups is 1. The van der Waals surface area contributed by atoms with Crippen molar-refractivity contribution in [2.24, 2.45) is 0 Å². The second-order valence-electron chi connectivity index (χ2n) is 5.92. The number of aromatic hydroxyl groups is 2. The molecule has 3 nitrogen and oxygen atoms in total. The zero-order valence-electron chi connectivity index (χ0n) is 14.7. The third kappa shape index (κ3) is 4.73. The molecule has 26 heavy (non-hydrogen) atoms. The van der Waals surface area contributed by atoms with Crippen molar-refractivity contribution >= 4 is 11.8 Å². The van der Waals surface area contributed by atoms with Crippen molar-refractivity contribution in [3.05, 3.63) is 72.3 Å². The highest BCUT2D eigenvalue weighted by Crippen LogP contribution is 2.30. The predicted octanol–water partition coefficient (Wildman–Crippen LogP) is 5.50. The number of rotatable bonds is 7. The molecule has 0 bridgehead atoms. The molecule has 0 amide bonds. The van der Waals surface area contributed by atoms with Gasteiger partial charge in [0.2, 0.25) is 0 Å². The van der Waals surface area contributed by atoms with Gasteiger partial charge in [0.05, 0.1) is 6.61 Å². The van der Waals surface area contributed by atoms with Gasteiger partial charge in [-0.25, -0.2) is 0 Å². The van der Waals surface area contributed by atoms with Crippen molar-refractivity contribution < 1.29 is 14.9 Å². The van der Waals surface area contributed by atoms with E-state index in [1.54, 1.807) is 23.9 Å². The molecule has 0 aromatic heterocycles. The van der Waals surface area contributed by atoms with Crippen LogP contribution in [0.4, 0.5) is 0 Å². The van der Waals surface area contributed by atoms with Crippen LogP contribution < -0.4 is 4.74 Å². The van der Waals surface area contributed by atoms with E-state index in [1.807, 2.05) is 12.1 Å². The highest BCUT2D eigenvalue weighted by atomic mass is 32.2. The van der Waals surface area contributed by atoms with Gasteiger partial charge in [0.15, 0.2) is 11.5 Å². The number of phenolic OH excluding ortho intramolecular Hbond substituents is 2. The van der Waals surface area contributed by atoms with Crippen LogP contribution in [0, 0.1) is 0 Å². The second kappa shape index (κ2) is 8.68. The summed E-state index contributed by atoms with van der Waals surface area (Å²) in [6, 6.07) is 21.6. The lowest BCUT2D eigenvalue weighted by molar-refractivity contribution is 0.344. The number of ether oxygens (including phenoxy) is 1. The first-order chi connectivity index (χ1) is 12.7. The summed E-state index contributed by atoms with van der Waals surface area (Å²) in [6.45, 7) is 2.72. The van der Waals surface area contributed by atoms with E-state index >= 15 is 0 Å². The van der Waals surface area contributed by atoms with Crippen molar-refractivity contribution in [3.8, 4) is 28.4 Å². The van der Waals surface area contributed by atoms with Crippen molar-refractivity contribution in [2.45, 2.75) is 18.2 Å². The first kappa shape index (κ1) is 18.2. The summed E-state index contributed by atoms with van der Waals surface area (Å²) in [4.78, 5) is 0.898. The SMILES string of the molecule is CCc1ccc(-c2ccc(OCCSc3ccc(O)c(O)c3)cc2)cc1. The Morgan fingerprint density at radius 1 is 0.808 bits per heavy atom. The maximum Gasteiger partial charge on any atom is 0.158 e. The maximum atomic E-state index is 9.49. The van der Waals surface area contributed by atoms with Gasteiger partial charge in [0, 0.05) is 10.6 Å². The number of benzene rings is 3. The average molecular weight is 366 g/mol. The van der Waals surface area contributed by atoms with Crippen LogP contribution in [-0.4, -0.2) is 22.6 Å². The summed E-state index contributed by atoms with van der Waals surface area (Å²) in [5.74, 6) is 1.39. The maximum absolute atomic E-state index is 9.49. The minimum atomic E-state index is -0.102. The third-order valence-corrected chi connectivity index (χ3v) is 5.08. The highest BCUT2D eigenvalue weighted by Gasteiger charge is 2.02. The summed E-state index contributed by atoms with van der Waals surface area (Å²) in [5.41, 5.74) is 3.72. The molecule has 0 radical (unpaired) electrons. The van der Waals surface area contributed by atoms with Crippen LogP contribution in [0.25, 0.3) is 11.1 Å². The summed E-state index contributed by atoms with van der Waals surface area (Å²) >= 11 is 1.57. The third-order valence-electron chi connectivity index (χ3n) is 4.12. The molecule has 0 fully saturated rings. The average Bonchev–Trinajstić information content (AvgIpc) is 2.68. The minimum absolute atomic E-state index is 0.0986. The van der Waals surface area contributed by atoms with Gasteiger partial charge in [-0.15, -0.1) is 11.8 Å². The van der Waals surface area contributed by atoms with E-state index in [2.05, 4.69) is 43.3 Å². The van der Waals surface area contributed by atoms with Crippen LogP contribution in [-0.2, 0) is 6.42 Å². The van der Waals surface area contributed by atoms with E-state index in [9.17, 15) is 10.2 Å². The molecule has 3 aromatic carbocycles. The zero-order valence-corrected chi connectivity index (χ0v) is 15.5. The number of phenols is 2. The van der Waals surface area contributed by atoms with E-state index in [-0.39, 0.29) is 11.5 Å². The molecule has 3 rings (SSSR count). The van der Waals surface area contributed by atoms with Crippen LogP contribution in [0.3, 0.4) is 0 Å². The number of hydrogen-bond donors (Lipinski definition) is 2. The van der Waals surface area contributed by atoms with E-state index in [1.165, 1.54) is 22.8 Å². The summed E-state index contributed by atoms with van der Waals surface area (Å²) in [6.07, 6.45) is 1.05. The van der Waals surface area contributed by atoms with Crippen LogP contribution in [0.1, 0.15) is 12.5 Å². The van der Waals surface area contributed by atoms with E-state index in [0.717, 1.165) is 22.8 Å². The molecule has 3 aromatic rings. The van der Waals surface area contributed by atoms with E-state index < -0.39 is 0 Å². The van der Waals surface area contributed by atoms with Crippen molar-refractivity contribution in [3.63, 3.8) is 0 Å². The van der Waals surface area contributed by atoms with Gasteiger partial charge >= 0.3 is 0 Å². The van der Waals surface area contributed by atoms with Crippen LogP contribution in [0.5, 0.6) is 17.2 Å². The Morgan fingerprint density at radius 2 is 1.46 bits per heavy atom. The lowest BCUT2D eigenvalue weighted by Gasteiger charge is -2.08. The standard InChI is InChI=1S/C22H22O3S/c1-2-16-3-5-17(6-4-16)18-7-9-19(10-8-18)25-13-14-26-20-11-12-21(23)22(24)15-20/h3-12,15,23-24H,2,13-14H2,1H3. The molecule has 0 saturated carbocycles. The molecule has 2 N–H and O–H groups in total.